The van der Waals surface area contributed by atoms with Crippen molar-refractivity contribution in [2.45, 2.75) is 12.8 Å². The number of hydrogen-bond acceptors (Lipinski definition) is 9. The molecule has 0 bridgehead atoms. The molecule has 1 N–H and O–H groups in total. The number of ether oxygens (including phenoxy) is 5. The summed E-state index contributed by atoms with van der Waals surface area (Å²) in [6.07, 6.45) is 2.60. The molecule has 0 amide bonds. The smallest absolute Gasteiger partial charge is 0.343 e. The summed E-state index contributed by atoms with van der Waals surface area (Å²) in [4.78, 5) is 35.0. The Morgan fingerprint density at radius 1 is 0.683 bits per heavy atom. The van der Waals surface area contributed by atoms with E-state index in [2.05, 4.69) is 13.2 Å². The predicted octanol–water partition coefficient (Wildman–Crippen LogP) is 4.93. The van der Waals surface area contributed by atoms with Gasteiger partial charge in [0.15, 0.2) is 0 Å². The van der Waals surface area contributed by atoms with Gasteiger partial charge in [0.2, 0.25) is 0 Å². The highest BCUT2D eigenvalue weighted by atomic mass is 16.6. The van der Waals surface area contributed by atoms with Gasteiger partial charge in [0, 0.05) is 6.08 Å². The van der Waals surface area contributed by atoms with Crippen LogP contribution in [0.3, 0.4) is 0 Å². The number of esters is 3. The van der Waals surface area contributed by atoms with Crippen molar-refractivity contribution in [1.29, 1.82) is 0 Å². The summed E-state index contributed by atoms with van der Waals surface area (Å²) in [5.41, 5.74) is 2.28. The zero-order valence-electron chi connectivity index (χ0n) is 22.6. The first-order valence-electron chi connectivity index (χ1n) is 12.9. The molecule has 0 saturated carbocycles. The molecule has 0 aliphatic heterocycles. The summed E-state index contributed by atoms with van der Waals surface area (Å²) in [6, 6.07) is 21.2. The number of benzene rings is 3. The van der Waals surface area contributed by atoms with Crippen molar-refractivity contribution in [3.05, 3.63) is 103 Å². The van der Waals surface area contributed by atoms with Crippen LogP contribution in [0.1, 0.15) is 23.2 Å². The van der Waals surface area contributed by atoms with Crippen molar-refractivity contribution >= 4 is 17.9 Å². The van der Waals surface area contributed by atoms with Crippen LogP contribution in [0.5, 0.6) is 17.2 Å². The number of carbonyl (C=O) groups excluding carboxylic acids is 3. The molecule has 0 unspecified atom stereocenters. The third-order valence-corrected chi connectivity index (χ3v) is 5.63. The van der Waals surface area contributed by atoms with E-state index in [4.69, 9.17) is 28.8 Å². The second-order valence-electron chi connectivity index (χ2n) is 8.64. The van der Waals surface area contributed by atoms with E-state index in [0.29, 0.717) is 36.7 Å². The molecule has 0 fully saturated rings. The van der Waals surface area contributed by atoms with Gasteiger partial charge in [0.05, 0.1) is 31.0 Å². The fraction of sp³-hybridized carbons (Fsp3) is 0.219. The Balaban J connectivity index is 1.41. The highest BCUT2D eigenvalue weighted by Gasteiger charge is 2.10. The first kappa shape index (κ1) is 30.6. The van der Waals surface area contributed by atoms with Gasteiger partial charge in [-0.15, -0.1) is 0 Å². The number of aliphatic hydroxyl groups excluding tert-OH is 1. The summed E-state index contributed by atoms with van der Waals surface area (Å²) in [7, 11) is 0. The normalized spacial score (nSPS) is 10.3. The third-order valence-electron chi connectivity index (χ3n) is 5.63. The Hall–Kier alpha value is -4.89. The lowest BCUT2D eigenvalue weighted by atomic mass is 10.0. The molecule has 0 radical (unpaired) electrons. The zero-order valence-corrected chi connectivity index (χ0v) is 22.6. The summed E-state index contributed by atoms with van der Waals surface area (Å²) in [5.74, 6) is 0.00101. The molecule has 214 valence electrons. The minimum absolute atomic E-state index is 0.000488. The van der Waals surface area contributed by atoms with E-state index in [9.17, 15) is 14.4 Å². The van der Waals surface area contributed by atoms with Crippen molar-refractivity contribution in [3.8, 4) is 28.4 Å². The molecule has 0 aliphatic carbocycles. The lowest BCUT2D eigenvalue weighted by molar-refractivity contribution is -0.140. The van der Waals surface area contributed by atoms with Crippen LogP contribution in [0.4, 0.5) is 0 Å². The van der Waals surface area contributed by atoms with Crippen LogP contribution in [0.2, 0.25) is 0 Å². The van der Waals surface area contributed by atoms with Crippen molar-refractivity contribution in [1.82, 2.24) is 0 Å². The predicted molar refractivity (Wildman–Crippen MR) is 152 cm³/mol. The number of aliphatic hydroxyl groups is 1. The average molecular weight is 561 g/mol. The Bertz CT molecular complexity index is 1310. The van der Waals surface area contributed by atoms with Crippen LogP contribution in [0, 0.1) is 0 Å². The number of hydrogen-bond donors (Lipinski definition) is 1. The molecule has 0 spiro atoms. The van der Waals surface area contributed by atoms with Crippen molar-refractivity contribution in [2.75, 3.05) is 33.0 Å². The molecule has 0 aliphatic rings. The summed E-state index contributed by atoms with van der Waals surface area (Å²) in [5, 5.41) is 8.84. The molecule has 0 aromatic heterocycles. The fourth-order valence-corrected chi connectivity index (χ4v) is 3.40. The first-order valence-corrected chi connectivity index (χ1v) is 12.9. The minimum atomic E-state index is -0.677. The quantitative estimate of drug-likeness (QED) is 0.113. The van der Waals surface area contributed by atoms with Crippen molar-refractivity contribution < 1.29 is 43.2 Å². The lowest BCUT2D eigenvalue weighted by Gasteiger charge is -2.09. The van der Waals surface area contributed by atoms with E-state index in [1.807, 2.05) is 36.4 Å². The van der Waals surface area contributed by atoms with Gasteiger partial charge >= 0.3 is 17.9 Å². The van der Waals surface area contributed by atoms with E-state index in [1.54, 1.807) is 36.4 Å². The molecular formula is C32H32O9. The van der Waals surface area contributed by atoms with Crippen molar-refractivity contribution in [2.24, 2.45) is 0 Å². The van der Waals surface area contributed by atoms with Gasteiger partial charge < -0.3 is 28.8 Å². The maximum atomic E-state index is 12.6. The van der Waals surface area contributed by atoms with Gasteiger partial charge in [0.25, 0.3) is 0 Å². The molecule has 0 atom stereocenters. The molecule has 41 heavy (non-hydrogen) atoms. The third kappa shape index (κ3) is 10.3. The molecule has 3 aromatic rings. The second-order valence-corrected chi connectivity index (χ2v) is 8.64. The average Bonchev–Trinajstić information content (AvgIpc) is 3.01. The Morgan fingerprint density at radius 3 is 1.83 bits per heavy atom. The van der Waals surface area contributed by atoms with E-state index in [-0.39, 0.29) is 18.8 Å². The highest BCUT2D eigenvalue weighted by molar-refractivity contribution is 5.91. The molecule has 3 aromatic carbocycles. The minimum Gasteiger partial charge on any atom is -0.494 e. The van der Waals surface area contributed by atoms with Gasteiger partial charge in [-0.05, 0) is 72.5 Å². The largest absolute Gasteiger partial charge is 0.494 e. The Morgan fingerprint density at radius 2 is 1.22 bits per heavy atom. The van der Waals surface area contributed by atoms with E-state index >= 15 is 0 Å². The SMILES string of the molecule is C=CC(=O)OCCCCOc1ccc(-c2ccc(C(=O)Oc3ccc(OCCOC(=O)C(=C)CO)cc3)cc2)cc1. The molecule has 3 rings (SSSR count). The number of carbonyl (C=O) groups is 3. The fourth-order valence-electron chi connectivity index (χ4n) is 3.40. The molecule has 9 nitrogen and oxygen atoms in total. The summed E-state index contributed by atoms with van der Waals surface area (Å²) in [6.45, 7) is 7.24. The monoisotopic (exact) mass is 560 g/mol. The van der Waals surface area contributed by atoms with Gasteiger partial charge in [0.1, 0.15) is 30.5 Å². The van der Waals surface area contributed by atoms with Crippen LogP contribution in [-0.2, 0) is 19.1 Å². The van der Waals surface area contributed by atoms with E-state index < -0.39 is 24.5 Å². The lowest BCUT2D eigenvalue weighted by Crippen LogP contribution is -2.15. The Kier molecular flexibility index (Phi) is 12.2. The first-order chi connectivity index (χ1) is 19.9. The summed E-state index contributed by atoms with van der Waals surface area (Å²) < 4.78 is 26.5. The van der Waals surface area contributed by atoms with Crippen LogP contribution < -0.4 is 14.2 Å². The van der Waals surface area contributed by atoms with Crippen LogP contribution in [0.15, 0.2) is 97.6 Å². The van der Waals surface area contributed by atoms with Gasteiger partial charge in [-0.1, -0.05) is 37.4 Å². The van der Waals surface area contributed by atoms with Gasteiger partial charge in [-0.2, -0.15) is 0 Å². The maximum Gasteiger partial charge on any atom is 0.343 e. The van der Waals surface area contributed by atoms with E-state index in [0.717, 1.165) is 29.4 Å². The van der Waals surface area contributed by atoms with Crippen LogP contribution in [-0.4, -0.2) is 56.0 Å². The molecule has 9 heteroatoms. The van der Waals surface area contributed by atoms with Crippen molar-refractivity contribution in [3.63, 3.8) is 0 Å². The maximum absolute atomic E-state index is 12.6. The summed E-state index contributed by atoms with van der Waals surface area (Å²) >= 11 is 0. The standard InChI is InChI=1S/C32H32O9/c1-3-30(34)39-19-5-4-18-37-27-12-10-25(11-13-27)24-6-8-26(9-7-24)32(36)41-29-16-14-28(15-17-29)38-20-21-40-31(35)23(2)22-33/h3,6-17,33H,1-2,4-5,18-22H2. The van der Waals surface area contributed by atoms with Crippen LogP contribution >= 0.6 is 0 Å². The highest BCUT2D eigenvalue weighted by Crippen LogP contribution is 2.24. The molecule has 0 heterocycles. The topological polar surface area (TPSA) is 118 Å². The van der Waals surface area contributed by atoms with Gasteiger partial charge in [-0.25, -0.2) is 14.4 Å². The Labute approximate surface area is 238 Å². The number of rotatable bonds is 16. The van der Waals surface area contributed by atoms with Crippen LogP contribution in [0.25, 0.3) is 11.1 Å². The molecule has 0 saturated heterocycles. The number of unbranched alkanes of at least 4 members (excludes halogenated alkanes) is 1. The van der Waals surface area contributed by atoms with E-state index in [1.165, 1.54) is 0 Å². The van der Waals surface area contributed by atoms with Gasteiger partial charge in [-0.3, -0.25) is 0 Å². The second kappa shape index (κ2) is 16.3. The zero-order chi connectivity index (χ0) is 29.5. The molecular weight excluding hydrogens is 528 g/mol.